The number of nitrogens with zero attached hydrogens (tertiary/aromatic N) is 1. The van der Waals surface area contributed by atoms with Crippen LogP contribution < -0.4 is 15.4 Å². The summed E-state index contributed by atoms with van der Waals surface area (Å²) in [4.78, 5) is 25.5. The maximum Gasteiger partial charge on any atom is 0.257 e. The van der Waals surface area contributed by atoms with E-state index in [1.54, 1.807) is 50.4 Å². The van der Waals surface area contributed by atoms with Crippen molar-refractivity contribution < 1.29 is 14.3 Å². The summed E-state index contributed by atoms with van der Waals surface area (Å²) >= 11 is 5.22. The van der Waals surface area contributed by atoms with Gasteiger partial charge in [0.05, 0.1) is 7.11 Å². The fourth-order valence-electron chi connectivity index (χ4n) is 2.36. The van der Waals surface area contributed by atoms with E-state index < -0.39 is 0 Å². The molecule has 27 heavy (non-hydrogen) atoms. The molecule has 7 heteroatoms. The lowest BCUT2D eigenvalue weighted by Crippen LogP contribution is -2.34. The average molecular weight is 385 g/mol. The zero-order valence-electron chi connectivity index (χ0n) is 15.6. The first kappa shape index (κ1) is 20.4. The number of nitrogens with one attached hydrogen (secondary N) is 2. The van der Waals surface area contributed by atoms with E-state index in [1.807, 2.05) is 24.3 Å². The second kappa shape index (κ2) is 9.68. The first-order valence-corrected chi connectivity index (χ1v) is 8.85. The molecule has 0 aliphatic rings. The van der Waals surface area contributed by atoms with Crippen LogP contribution in [0.2, 0.25) is 0 Å². The summed E-state index contributed by atoms with van der Waals surface area (Å²) < 4.78 is 5.07. The Kier molecular flexibility index (Phi) is 7.31. The molecule has 0 fully saturated rings. The van der Waals surface area contributed by atoms with Crippen molar-refractivity contribution in [3.63, 3.8) is 0 Å². The first-order valence-electron chi connectivity index (χ1n) is 8.44. The number of ether oxygens (including phenoxy) is 1. The van der Waals surface area contributed by atoms with Gasteiger partial charge < -0.3 is 15.0 Å². The van der Waals surface area contributed by atoms with Crippen molar-refractivity contribution in [1.29, 1.82) is 0 Å². The number of rotatable bonds is 6. The molecule has 142 valence electrons. The molecule has 0 aliphatic heterocycles. The highest BCUT2D eigenvalue weighted by Crippen LogP contribution is 2.14. The summed E-state index contributed by atoms with van der Waals surface area (Å²) in [5.41, 5.74) is 2.25. The molecule has 2 aromatic carbocycles. The first-order chi connectivity index (χ1) is 12.9. The number of aryl methyl sites for hydroxylation is 1. The third kappa shape index (κ3) is 6.38. The fraction of sp³-hybridized carbons (Fsp3) is 0.250. The Labute approximate surface area is 164 Å². The molecule has 2 aromatic rings. The Morgan fingerprint density at radius 2 is 1.81 bits per heavy atom. The lowest BCUT2D eigenvalue weighted by atomic mass is 10.1. The topological polar surface area (TPSA) is 70.7 Å². The van der Waals surface area contributed by atoms with E-state index in [-0.39, 0.29) is 16.9 Å². The van der Waals surface area contributed by atoms with Crippen LogP contribution in [-0.4, -0.2) is 43.0 Å². The highest BCUT2D eigenvalue weighted by atomic mass is 32.1. The van der Waals surface area contributed by atoms with Gasteiger partial charge in [-0.1, -0.05) is 12.1 Å². The Morgan fingerprint density at radius 1 is 1.11 bits per heavy atom. The average Bonchev–Trinajstić information content (AvgIpc) is 2.66. The van der Waals surface area contributed by atoms with Gasteiger partial charge >= 0.3 is 0 Å². The molecule has 6 nitrogen and oxygen atoms in total. The Hall–Kier alpha value is -2.93. The number of hydrogen-bond donors (Lipinski definition) is 2. The predicted molar refractivity (Wildman–Crippen MR) is 110 cm³/mol. The zero-order chi connectivity index (χ0) is 19.8. The highest BCUT2D eigenvalue weighted by Gasteiger charge is 2.09. The molecule has 0 saturated heterocycles. The van der Waals surface area contributed by atoms with Gasteiger partial charge in [0.25, 0.3) is 5.91 Å². The summed E-state index contributed by atoms with van der Waals surface area (Å²) in [6.45, 7) is 0. The second-order valence-corrected chi connectivity index (χ2v) is 6.53. The number of hydrogen-bond acceptors (Lipinski definition) is 4. The number of carbonyl (C=O) groups excluding carboxylic acids is 2. The van der Waals surface area contributed by atoms with Crippen molar-refractivity contribution in [2.24, 2.45) is 0 Å². The standard InChI is InChI=1S/C20H23N3O3S/c1-23(2)18(24)12-7-14-5-4-6-16(13-14)21-20(27)22-19(25)15-8-10-17(26-3)11-9-15/h4-6,8-11,13H,7,12H2,1-3H3,(H2,21,22,25,27). The van der Waals surface area contributed by atoms with Crippen molar-refractivity contribution in [2.75, 3.05) is 26.5 Å². The summed E-state index contributed by atoms with van der Waals surface area (Å²) in [5, 5.41) is 5.85. The van der Waals surface area contributed by atoms with Gasteiger partial charge in [-0.15, -0.1) is 0 Å². The van der Waals surface area contributed by atoms with Crippen LogP contribution in [0.15, 0.2) is 48.5 Å². The van der Waals surface area contributed by atoms with Crippen molar-refractivity contribution in [3.05, 3.63) is 59.7 Å². The smallest absolute Gasteiger partial charge is 0.257 e. The van der Waals surface area contributed by atoms with E-state index in [1.165, 1.54) is 0 Å². The second-order valence-electron chi connectivity index (χ2n) is 6.13. The molecule has 0 aromatic heterocycles. The van der Waals surface area contributed by atoms with Gasteiger partial charge in [-0.05, 0) is 60.6 Å². The van der Waals surface area contributed by atoms with Crippen molar-refractivity contribution >= 4 is 34.8 Å². The molecule has 0 unspecified atom stereocenters. The quantitative estimate of drug-likeness (QED) is 0.749. The van der Waals surface area contributed by atoms with Crippen LogP contribution in [0.1, 0.15) is 22.3 Å². The summed E-state index contributed by atoms with van der Waals surface area (Å²) in [6, 6.07) is 14.3. The minimum atomic E-state index is -0.303. The molecule has 0 spiro atoms. The van der Waals surface area contributed by atoms with E-state index in [0.29, 0.717) is 24.2 Å². The van der Waals surface area contributed by atoms with E-state index >= 15 is 0 Å². The summed E-state index contributed by atoms with van der Waals surface area (Å²) in [7, 11) is 5.05. The van der Waals surface area contributed by atoms with Crippen molar-refractivity contribution in [1.82, 2.24) is 10.2 Å². The summed E-state index contributed by atoms with van der Waals surface area (Å²) in [6.07, 6.45) is 1.08. The molecule has 0 radical (unpaired) electrons. The van der Waals surface area contributed by atoms with Crippen LogP contribution >= 0.6 is 12.2 Å². The Balaban J connectivity index is 1.91. The zero-order valence-corrected chi connectivity index (χ0v) is 16.4. The number of carbonyl (C=O) groups is 2. The molecular formula is C20H23N3O3S. The molecule has 0 bridgehead atoms. The van der Waals surface area contributed by atoms with Gasteiger partial charge in [-0.25, -0.2) is 0 Å². The van der Waals surface area contributed by atoms with Gasteiger partial charge in [0.1, 0.15) is 5.75 Å². The van der Waals surface area contributed by atoms with Crippen LogP contribution in [0.3, 0.4) is 0 Å². The molecule has 2 rings (SSSR count). The maximum atomic E-state index is 12.2. The van der Waals surface area contributed by atoms with Crippen molar-refractivity contribution in [2.45, 2.75) is 12.8 Å². The number of benzene rings is 2. The number of methoxy groups -OCH3 is 1. The third-order valence-electron chi connectivity index (χ3n) is 3.89. The van der Waals surface area contributed by atoms with Gasteiger partial charge in [-0.3, -0.25) is 14.9 Å². The van der Waals surface area contributed by atoms with Crippen molar-refractivity contribution in [3.8, 4) is 5.75 Å². The van der Waals surface area contributed by atoms with E-state index in [0.717, 1.165) is 11.3 Å². The largest absolute Gasteiger partial charge is 0.497 e. The van der Waals surface area contributed by atoms with E-state index in [9.17, 15) is 9.59 Å². The minimum Gasteiger partial charge on any atom is -0.497 e. The number of anilines is 1. The van der Waals surface area contributed by atoms with Crippen LogP contribution in [-0.2, 0) is 11.2 Å². The minimum absolute atomic E-state index is 0.0793. The SMILES string of the molecule is COc1ccc(C(=O)NC(=S)Nc2cccc(CCC(=O)N(C)C)c2)cc1. The van der Waals surface area contributed by atoms with Gasteiger partial charge in [0.15, 0.2) is 5.11 Å². The van der Waals surface area contributed by atoms with Crippen LogP contribution in [0, 0.1) is 0 Å². The lowest BCUT2D eigenvalue weighted by molar-refractivity contribution is -0.128. The Bertz CT molecular complexity index is 819. The Morgan fingerprint density at radius 3 is 2.44 bits per heavy atom. The summed E-state index contributed by atoms with van der Waals surface area (Å²) in [5.74, 6) is 0.454. The van der Waals surface area contributed by atoms with Gasteiger partial charge in [-0.2, -0.15) is 0 Å². The van der Waals surface area contributed by atoms with Crippen LogP contribution in [0.4, 0.5) is 5.69 Å². The third-order valence-corrected chi connectivity index (χ3v) is 4.09. The number of thiocarbonyl (C=S) groups is 1. The molecule has 0 aliphatic carbocycles. The predicted octanol–water partition coefficient (Wildman–Crippen LogP) is 2.84. The van der Waals surface area contributed by atoms with Crippen LogP contribution in [0.25, 0.3) is 0 Å². The molecular weight excluding hydrogens is 362 g/mol. The van der Waals surface area contributed by atoms with Gasteiger partial charge in [0.2, 0.25) is 5.91 Å². The molecule has 0 heterocycles. The molecule has 2 N–H and O–H groups in total. The monoisotopic (exact) mass is 385 g/mol. The van der Waals surface area contributed by atoms with Gasteiger partial charge in [0, 0.05) is 31.8 Å². The molecule has 0 atom stereocenters. The lowest BCUT2D eigenvalue weighted by Gasteiger charge is -2.12. The fourth-order valence-corrected chi connectivity index (χ4v) is 2.57. The normalized spacial score (nSPS) is 10.0. The van der Waals surface area contributed by atoms with E-state index in [4.69, 9.17) is 17.0 Å². The maximum absolute atomic E-state index is 12.2. The number of amides is 2. The molecule has 0 saturated carbocycles. The van der Waals surface area contributed by atoms with Crippen LogP contribution in [0.5, 0.6) is 5.75 Å². The van der Waals surface area contributed by atoms with E-state index in [2.05, 4.69) is 10.6 Å². The highest BCUT2D eigenvalue weighted by molar-refractivity contribution is 7.80. The molecule has 2 amide bonds.